The molecule has 0 amide bonds. The fraction of sp³-hybridized carbons (Fsp3) is 0.250. The number of anilines is 1. The summed E-state index contributed by atoms with van der Waals surface area (Å²) in [6.45, 7) is 3.84. The van der Waals surface area contributed by atoms with Crippen LogP contribution in [-0.4, -0.2) is 13.1 Å². The van der Waals surface area contributed by atoms with Crippen molar-refractivity contribution < 1.29 is 0 Å². The van der Waals surface area contributed by atoms with Gasteiger partial charge in [-0.15, -0.1) is 0 Å². The first-order valence-electron chi connectivity index (χ1n) is 4.72. The first kappa shape index (κ1) is 8.83. The Bertz CT molecular complexity index is 405. The second kappa shape index (κ2) is 3.55. The maximum atomic E-state index is 9.01. The van der Waals surface area contributed by atoms with E-state index >= 15 is 0 Å². The van der Waals surface area contributed by atoms with Crippen molar-refractivity contribution in [1.82, 2.24) is 0 Å². The zero-order valence-corrected chi connectivity index (χ0v) is 8.20. The SMILES string of the molecule is Cc1ccc(N2CC=CC2)c(C#N)c1. The first-order chi connectivity index (χ1) is 6.81. The van der Waals surface area contributed by atoms with Gasteiger partial charge in [0.05, 0.1) is 11.3 Å². The number of hydrogen-bond acceptors (Lipinski definition) is 2. The highest BCUT2D eigenvalue weighted by atomic mass is 15.1. The van der Waals surface area contributed by atoms with Crippen LogP contribution in [0.3, 0.4) is 0 Å². The molecule has 2 heteroatoms. The van der Waals surface area contributed by atoms with E-state index in [0.29, 0.717) is 0 Å². The molecule has 2 nitrogen and oxygen atoms in total. The maximum Gasteiger partial charge on any atom is 0.101 e. The molecule has 70 valence electrons. The van der Waals surface area contributed by atoms with Crippen molar-refractivity contribution in [2.45, 2.75) is 6.92 Å². The van der Waals surface area contributed by atoms with Gasteiger partial charge in [-0.2, -0.15) is 5.26 Å². The number of rotatable bonds is 1. The summed E-state index contributed by atoms with van der Waals surface area (Å²) in [5.74, 6) is 0. The Kier molecular flexibility index (Phi) is 2.24. The largest absolute Gasteiger partial charge is 0.363 e. The summed E-state index contributed by atoms with van der Waals surface area (Å²) < 4.78 is 0. The Balaban J connectivity index is 2.38. The second-order valence-corrected chi connectivity index (χ2v) is 3.51. The third-order valence-corrected chi connectivity index (χ3v) is 2.43. The molecule has 1 aliphatic rings. The molecule has 0 saturated heterocycles. The van der Waals surface area contributed by atoms with Crippen LogP contribution >= 0.6 is 0 Å². The molecule has 1 heterocycles. The van der Waals surface area contributed by atoms with Crippen molar-refractivity contribution >= 4 is 5.69 Å². The average molecular weight is 184 g/mol. The fourth-order valence-electron chi connectivity index (χ4n) is 1.69. The Morgan fingerprint density at radius 3 is 2.64 bits per heavy atom. The lowest BCUT2D eigenvalue weighted by Gasteiger charge is -2.19. The summed E-state index contributed by atoms with van der Waals surface area (Å²) in [5.41, 5.74) is 2.95. The summed E-state index contributed by atoms with van der Waals surface area (Å²) in [5, 5.41) is 9.01. The molecule has 1 aromatic carbocycles. The van der Waals surface area contributed by atoms with Gasteiger partial charge < -0.3 is 4.90 Å². The van der Waals surface area contributed by atoms with E-state index in [-0.39, 0.29) is 0 Å². The molecule has 0 saturated carbocycles. The van der Waals surface area contributed by atoms with E-state index in [1.807, 2.05) is 19.1 Å². The molecule has 0 atom stereocenters. The molecule has 0 unspecified atom stereocenters. The van der Waals surface area contributed by atoms with Crippen LogP contribution in [0.25, 0.3) is 0 Å². The average Bonchev–Trinajstić information content (AvgIpc) is 2.70. The Morgan fingerprint density at radius 1 is 1.29 bits per heavy atom. The molecule has 0 bridgehead atoms. The van der Waals surface area contributed by atoms with Crippen molar-refractivity contribution in [2.75, 3.05) is 18.0 Å². The van der Waals surface area contributed by atoms with E-state index in [2.05, 4.69) is 29.2 Å². The summed E-state index contributed by atoms with van der Waals surface area (Å²) in [6, 6.07) is 8.26. The van der Waals surface area contributed by atoms with Crippen LogP contribution in [0.4, 0.5) is 5.69 Å². The lowest BCUT2D eigenvalue weighted by molar-refractivity contribution is 1.00. The predicted molar refractivity (Wildman–Crippen MR) is 57.2 cm³/mol. The van der Waals surface area contributed by atoms with Crippen molar-refractivity contribution in [3.63, 3.8) is 0 Å². The molecule has 0 fully saturated rings. The van der Waals surface area contributed by atoms with Crippen LogP contribution in [-0.2, 0) is 0 Å². The Hall–Kier alpha value is -1.75. The molecule has 0 N–H and O–H groups in total. The minimum Gasteiger partial charge on any atom is -0.363 e. The highest BCUT2D eigenvalue weighted by molar-refractivity contribution is 5.61. The van der Waals surface area contributed by atoms with Crippen molar-refractivity contribution in [1.29, 1.82) is 5.26 Å². The second-order valence-electron chi connectivity index (χ2n) is 3.51. The molecule has 0 aromatic heterocycles. The summed E-state index contributed by atoms with van der Waals surface area (Å²) >= 11 is 0. The zero-order valence-electron chi connectivity index (χ0n) is 8.20. The topological polar surface area (TPSA) is 27.0 Å². The summed E-state index contributed by atoms with van der Waals surface area (Å²) in [7, 11) is 0. The van der Waals surface area contributed by atoms with Crippen LogP contribution in [0, 0.1) is 18.3 Å². The van der Waals surface area contributed by atoms with Gasteiger partial charge in [-0.25, -0.2) is 0 Å². The third kappa shape index (κ3) is 1.49. The minimum absolute atomic E-state index is 0.772. The van der Waals surface area contributed by atoms with E-state index < -0.39 is 0 Å². The smallest absolute Gasteiger partial charge is 0.101 e. The lowest BCUT2D eigenvalue weighted by atomic mass is 10.1. The van der Waals surface area contributed by atoms with E-state index in [9.17, 15) is 0 Å². The molecule has 1 aromatic rings. The van der Waals surface area contributed by atoms with Gasteiger partial charge in [-0.05, 0) is 24.6 Å². The molecule has 14 heavy (non-hydrogen) atoms. The van der Waals surface area contributed by atoms with Gasteiger partial charge in [0.15, 0.2) is 0 Å². The van der Waals surface area contributed by atoms with Crippen LogP contribution in [0.2, 0.25) is 0 Å². The van der Waals surface area contributed by atoms with Gasteiger partial charge in [0, 0.05) is 13.1 Å². The summed E-state index contributed by atoms with van der Waals surface area (Å²) in [4.78, 5) is 2.19. The highest BCUT2D eigenvalue weighted by Crippen LogP contribution is 2.22. The summed E-state index contributed by atoms with van der Waals surface area (Å²) in [6.07, 6.45) is 4.25. The number of nitrogens with zero attached hydrogens (tertiary/aromatic N) is 2. The van der Waals surface area contributed by atoms with Gasteiger partial charge in [0.2, 0.25) is 0 Å². The Labute approximate surface area is 84.1 Å². The number of aryl methyl sites for hydroxylation is 1. The number of benzene rings is 1. The molecule has 0 aliphatic carbocycles. The van der Waals surface area contributed by atoms with Crippen LogP contribution in [0.5, 0.6) is 0 Å². The molecule has 0 spiro atoms. The van der Waals surface area contributed by atoms with E-state index in [0.717, 1.165) is 29.9 Å². The number of nitriles is 1. The van der Waals surface area contributed by atoms with Crippen LogP contribution in [0.1, 0.15) is 11.1 Å². The van der Waals surface area contributed by atoms with E-state index in [1.54, 1.807) is 0 Å². The van der Waals surface area contributed by atoms with Gasteiger partial charge in [0.1, 0.15) is 6.07 Å². The standard InChI is InChI=1S/C12H12N2/c1-10-4-5-12(11(8-10)9-13)14-6-2-3-7-14/h2-5,8H,6-7H2,1H3. The van der Waals surface area contributed by atoms with Crippen LogP contribution < -0.4 is 4.90 Å². The van der Waals surface area contributed by atoms with E-state index in [4.69, 9.17) is 5.26 Å². The van der Waals surface area contributed by atoms with Crippen molar-refractivity contribution in [2.24, 2.45) is 0 Å². The monoisotopic (exact) mass is 184 g/mol. The maximum absolute atomic E-state index is 9.01. The van der Waals surface area contributed by atoms with Crippen molar-refractivity contribution in [3.8, 4) is 6.07 Å². The minimum atomic E-state index is 0.772. The fourth-order valence-corrected chi connectivity index (χ4v) is 1.69. The normalized spacial score (nSPS) is 14.4. The zero-order chi connectivity index (χ0) is 9.97. The van der Waals surface area contributed by atoms with E-state index in [1.165, 1.54) is 0 Å². The molecule has 1 aliphatic heterocycles. The quantitative estimate of drug-likeness (QED) is 0.626. The van der Waals surface area contributed by atoms with Gasteiger partial charge >= 0.3 is 0 Å². The lowest BCUT2D eigenvalue weighted by Crippen LogP contribution is -2.19. The predicted octanol–water partition coefficient (Wildman–Crippen LogP) is 2.24. The first-order valence-corrected chi connectivity index (χ1v) is 4.72. The molecular formula is C12H12N2. The Morgan fingerprint density at radius 2 is 2.00 bits per heavy atom. The highest BCUT2D eigenvalue weighted by Gasteiger charge is 2.11. The third-order valence-electron chi connectivity index (χ3n) is 2.43. The van der Waals surface area contributed by atoms with Gasteiger partial charge in [0.25, 0.3) is 0 Å². The molecule has 0 radical (unpaired) electrons. The van der Waals surface area contributed by atoms with Gasteiger partial charge in [-0.3, -0.25) is 0 Å². The number of hydrogen-bond donors (Lipinski definition) is 0. The molecule has 2 rings (SSSR count). The van der Waals surface area contributed by atoms with Crippen molar-refractivity contribution in [3.05, 3.63) is 41.5 Å². The van der Waals surface area contributed by atoms with Gasteiger partial charge in [-0.1, -0.05) is 18.2 Å². The van der Waals surface area contributed by atoms with Crippen LogP contribution in [0.15, 0.2) is 30.4 Å². The molecular weight excluding hydrogens is 172 g/mol.